The van der Waals surface area contributed by atoms with Gasteiger partial charge in [0.05, 0.1) is 10.6 Å². The molecule has 2 N–H and O–H groups in total. The number of aromatic nitrogens is 1. The zero-order chi connectivity index (χ0) is 15.9. The van der Waals surface area contributed by atoms with Crippen LogP contribution in [0.5, 0.6) is 0 Å². The first-order chi connectivity index (χ1) is 10.4. The molecule has 0 spiro atoms. The number of hydrogen-bond acceptors (Lipinski definition) is 2. The average molecular weight is 314 g/mol. The Balaban J connectivity index is 2.10. The van der Waals surface area contributed by atoms with Crippen LogP contribution in [-0.2, 0) is 10.0 Å². The number of anilines is 1. The molecule has 0 aliphatic carbocycles. The van der Waals surface area contributed by atoms with E-state index in [9.17, 15) is 8.42 Å². The topological polar surface area (TPSA) is 62.0 Å². The van der Waals surface area contributed by atoms with E-state index in [0.717, 1.165) is 27.6 Å². The van der Waals surface area contributed by atoms with Gasteiger partial charge in [0.15, 0.2) is 0 Å². The van der Waals surface area contributed by atoms with Gasteiger partial charge in [0.1, 0.15) is 0 Å². The maximum Gasteiger partial charge on any atom is 0.262 e. The number of sulfonamides is 1. The van der Waals surface area contributed by atoms with Gasteiger partial charge in [-0.15, -0.1) is 0 Å². The first-order valence-electron chi connectivity index (χ1n) is 7.05. The summed E-state index contributed by atoms with van der Waals surface area (Å²) in [5.41, 5.74) is 4.05. The summed E-state index contributed by atoms with van der Waals surface area (Å²) in [4.78, 5) is 3.43. The van der Waals surface area contributed by atoms with Crippen molar-refractivity contribution in [2.24, 2.45) is 0 Å². The van der Waals surface area contributed by atoms with E-state index in [1.807, 2.05) is 51.1 Å². The predicted octanol–water partition coefficient (Wildman–Crippen LogP) is 3.89. The summed E-state index contributed by atoms with van der Waals surface area (Å²) >= 11 is 0. The van der Waals surface area contributed by atoms with Crippen molar-refractivity contribution < 1.29 is 8.42 Å². The third-order valence-corrected chi connectivity index (χ3v) is 5.38. The minimum absolute atomic E-state index is 0.352. The van der Waals surface area contributed by atoms with Gasteiger partial charge in [-0.3, -0.25) is 4.72 Å². The van der Waals surface area contributed by atoms with Gasteiger partial charge >= 0.3 is 0 Å². The van der Waals surface area contributed by atoms with Crippen molar-refractivity contribution in [3.8, 4) is 0 Å². The Morgan fingerprint density at radius 2 is 1.68 bits per heavy atom. The molecule has 0 amide bonds. The van der Waals surface area contributed by atoms with Gasteiger partial charge in [0, 0.05) is 17.1 Å². The molecular formula is C17H18N2O2S. The third kappa shape index (κ3) is 2.48. The zero-order valence-electron chi connectivity index (χ0n) is 12.8. The van der Waals surface area contributed by atoms with Crippen LogP contribution in [0.4, 0.5) is 5.69 Å². The lowest BCUT2D eigenvalue weighted by Gasteiger charge is -2.14. The second kappa shape index (κ2) is 5.18. The molecule has 114 valence electrons. The lowest BCUT2D eigenvalue weighted by Crippen LogP contribution is -2.16. The number of fused-ring (bicyclic) bond motifs is 1. The molecule has 22 heavy (non-hydrogen) atoms. The molecule has 1 aromatic heterocycles. The Kier molecular flexibility index (Phi) is 3.45. The lowest BCUT2D eigenvalue weighted by molar-refractivity contribution is 0.600. The van der Waals surface area contributed by atoms with Crippen LogP contribution < -0.4 is 4.72 Å². The SMILES string of the molecule is Cc1cc(C)c(S(=O)(=O)Nc2cccc3[nH]ccc23)c(C)c1. The molecule has 4 nitrogen and oxygen atoms in total. The van der Waals surface area contributed by atoms with Crippen LogP contribution in [0.15, 0.2) is 47.5 Å². The van der Waals surface area contributed by atoms with Crippen LogP contribution in [0, 0.1) is 20.8 Å². The summed E-state index contributed by atoms with van der Waals surface area (Å²) in [6, 6.07) is 11.1. The summed E-state index contributed by atoms with van der Waals surface area (Å²) in [6.45, 7) is 5.61. The number of aromatic amines is 1. The molecule has 0 saturated heterocycles. The van der Waals surface area contributed by atoms with E-state index in [4.69, 9.17) is 0 Å². The molecular weight excluding hydrogens is 296 g/mol. The summed E-state index contributed by atoms with van der Waals surface area (Å²) in [6.07, 6.45) is 1.80. The first kappa shape index (κ1) is 14.7. The van der Waals surface area contributed by atoms with Gasteiger partial charge in [-0.05, 0) is 50.1 Å². The molecule has 3 aromatic rings. The van der Waals surface area contributed by atoms with Gasteiger partial charge < -0.3 is 4.98 Å². The summed E-state index contributed by atoms with van der Waals surface area (Å²) in [7, 11) is -3.62. The van der Waals surface area contributed by atoms with E-state index in [-0.39, 0.29) is 0 Å². The van der Waals surface area contributed by atoms with Crippen molar-refractivity contribution in [1.29, 1.82) is 0 Å². The van der Waals surface area contributed by atoms with Crippen molar-refractivity contribution in [1.82, 2.24) is 4.98 Å². The monoisotopic (exact) mass is 314 g/mol. The van der Waals surface area contributed by atoms with Crippen molar-refractivity contribution in [2.45, 2.75) is 25.7 Å². The van der Waals surface area contributed by atoms with E-state index in [1.165, 1.54) is 0 Å². The van der Waals surface area contributed by atoms with Crippen molar-refractivity contribution >= 4 is 26.6 Å². The normalized spacial score (nSPS) is 11.8. The molecule has 0 aliphatic heterocycles. The maximum atomic E-state index is 12.8. The fraction of sp³-hybridized carbons (Fsp3) is 0.176. The van der Waals surface area contributed by atoms with Gasteiger partial charge in [-0.2, -0.15) is 0 Å². The van der Waals surface area contributed by atoms with Gasteiger partial charge in [0.2, 0.25) is 0 Å². The highest BCUT2D eigenvalue weighted by Crippen LogP contribution is 2.28. The standard InChI is InChI=1S/C17H18N2O2S/c1-11-9-12(2)17(13(3)10-11)22(20,21)19-16-6-4-5-15-14(16)7-8-18-15/h4-10,18-19H,1-3H3. The van der Waals surface area contributed by atoms with Gasteiger partial charge in [0.25, 0.3) is 10.0 Å². The number of aryl methyl sites for hydroxylation is 3. The molecule has 3 rings (SSSR count). The maximum absolute atomic E-state index is 12.8. The number of hydrogen-bond donors (Lipinski definition) is 2. The van der Waals surface area contributed by atoms with E-state index >= 15 is 0 Å². The zero-order valence-corrected chi connectivity index (χ0v) is 13.6. The summed E-state index contributed by atoms with van der Waals surface area (Å²) in [5.74, 6) is 0. The number of nitrogens with one attached hydrogen (secondary N) is 2. The molecule has 0 saturated carbocycles. The lowest BCUT2D eigenvalue weighted by atomic mass is 10.1. The van der Waals surface area contributed by atoms with Crippen LogP contribution in [0.2, 0.25) is 0 Å². The van der Waals surface area contributed by atoms with Crippen molar-refractivity contribution in [3.05, 3.63) is 59.3 Å². The van der Waals surface area contributed by atoms with E-state index in [1.54, 1.807) is 12.3 Å². The van der Waals surface area contributed by atoms with Crippen LogP contribution in [-0.4, -0.2) is 13.4 Å². The van der Waals surface area contributed by atoms with E-state index in [0.29, 0.717) is 10.6 Å². The van der Waals surface area contributed by atoms with Gasteiger partial charge in [-0.25, -0.2) is 8.42 Å². The molecule has 0 unspecified atom stereocenters. The smallest absolute Gasteiger partial charge is 0.262 e. The van der Waals surface area contributed by atoms with E-state index in [2.05, 4.69) is 9.71 Å². The Morgan fingerprint density at radius 3 is 2.36 bits per heavy atom. The van der Waals surface area contributed by atoms with Crippen LogP contribution in [0.25, 0.3) is 10.9 Å². The molecule has 0 fully saturated rings. The fourth-order valence-corrected chi connectivity index (χ4v) is 4.50. The number of H-pyrrole nitrogens is 1. The summed E-state index contributed by atoms with van der Waals surface area (Å²) in [5, 5.41) is 0.855. The van der Waals surface area contributed by atoms with E-state index < -0.39 is 10.0 Å². The second-order valence-electron chi connectivity index (χ2n) is 5.58. The Labute approximate surface area is 130 Å². The fourth-order valence-electron chi connectivity index (χ4n) is 2.96. The predicted molar refractivity (Wildman–Crippen MR) is 89.8 cm³/mol. The van der Waals surface area contributed by atoms with Crippen LogP contribution in [0.3, 0.4) is 0 Å². The largest absolute Gasteiger partial charge is 0.361 e. The molecule has 0 atom stereocenters. The highest BCUT2D eigenvalue weighted by molar-refractivity contribution is 7.92. The highest BCUT2D eigenvalue weighted by atomic mass is 32.2. The average Bonchev–Trinajstić information content (AvgIpc) is 2.85. The Morgan fingerprint density at radius 1 is 1.00 bits per heavy atom. The molecule has 2 aromatic carbocycles. The number of benzene rings is 2. The molecule has 1 heterocycles. The first-order valence-corrected chi connectivity index (χ1v) is 8.53. The van der Waals surface area contributed by atoms with Gasteiger partial charge in [-0.1, -0.05) is 23.8 Å². The highest BCUT2D eigenvalue weighted by Gasteiger charge is 2.20. The molecule has 0 bridgehead atoms. The molecule has 0 radical (unpaired) electrons. The quantitative estimate of drug-likeness (QED) is 0.770. The summed E-state index contributed by atoms with van der Waals surface area (Å²) < 4.78 is 28.3. The van der Waals surface area contributed by atoms with Crippen molar-refractivity contribution in [3.63, 3.8) is 0 Å². The van der Waals surface area contributed by atoms with Crippen LogP contribution >= 0.6 is 0 Å². The minimum Gasteiger partial charge on any atom is -0.361 e. The minimum atomic E-state index is -3.62. The second-order valence-corrected chi connectivity index (χ2v) is 7.20. The third-order valence-electron chi connectivity index (χ3n) is 3.71. The Bertz CT molecular complexity index is 933. The number of rotatable bonds is 3. The Hall–Kier alpha value is -2.27. The van der Waals surface area contributed by atoms with Crippen molar-refractivity contribution in [2.75, 3.05) is 4.72 Å². The molecule has 5 heteroatoms. The van der Waals surface area contributed by atoms with Crippen LogP contribution in [0.1, 0.15) is 16.7 Å². The molecule has 0 aliphatic rings.